The van der Waals surface area contributed by atoms with E-state index < -0.39 is 0 Å². The average Bonchev–Trinajstić information content (AvgIpc) is 2.58. The summed E-state index contributed by atoms with van der Waals surface area (Å²) >= 11 is 9.45. The largest absolute Gasteiger partial charge is 0.383 e. The van der Waals surface area contributed by atoms with Crippen molar-refractivity contribution in [2.75, 3.05) is 5.73 Å². The lowest BCUT2D eigenvalue weighted by atomic mass is 10.1. The first-order chi connectivity index (χ1) is 8.54. The van der Waals surface area contributed by atoms with Crippen LogP contribution >= 0.6 is 27.5 Å². The summed E-state index contributed by atoms with van der Waals surface area (Å²) in [6.07, 6.45) is 1.97. The third-order valence-electron chi connectivity index (χ3n) is 2.89. The van der Waals surface area contributed by atoms with E-state index in [2.05, 4.69) is 27.8 Å². The highest BCUT2D eigenvalue weighted by atomic mass is 79.9. The van der Waals surface area contributed by atoms with Crippen LogP contribution in [0.25, 0.3) is 11.3 Å². The molecule has 1 heterocycles. The molecular weight excluding hydrogens is 314 g/mol. The molecule has 0 aliphatic rings. The number of nitrogens with zero attached hydrogens (tertiary/aromatic N) is 2. The summed E-state index contributed by atoms with van der Waals surface area (Å²) in [4.78, 5) is 4.62. The molecule has 1 aromatic carbocycles. The third kappa shape index (κ3) is 2.40. The Morgan fingerprint density at radius 1 is 1.44 bits per heavy atom. The molecule has 0 saturated carbocycles. The SMILES string of the molecule is CCCc1nc(-c2ccc(Cl)cc2Br)c(N)n1C. The highest BCUT2D eigenvalue weighted by molar-refractivity contribution is 9.10. The van der Waals surface area contributed by atoms with Crippen LogP contribution in [0.1, 0.15) is 19.2 Å². The normalized spacial score (nSPS) is 10.9. The lowest BCUT2D eigenvalue weighted by molar-refractivity contribution is 0.764. The van der Waals surface area contributed by atoms with Crippen molar-refractivity contribution in [2.45, 2.75) is 19.8 Å². The van der Waals surface area contributed by atoms with Gasteiger partial charge in [0.2, 0.25) is 0 Å². The maximum absolute atomic E-state index is 6.12. The van der Waals surface area contributed by atoms with Gasteiger partial charge in [0.25, 0.3) is 0 Å². The number of imidazole rings is 1. The zero-order chi connectivity index (χ0) is 13.3. The fourth-order valence-corrected chi connectivity index (χ4v) is 2.76. The quantitative estimate of drug-likeness (QED) is 0.924. The van der Waals surface area contributed by atoms with Crippen molar-refractivity contribution in [3.63, 3.8) is 0 Å². The smallest absolute Gasteiger partial charge is 0.131 e. The first-order valence-corrected chi connectivity index (χ1v) is 6.98. The van der Waals surface area contributed by atoms with Crippen LogP contribution in [-0.2, 0) is 13.5 Å². The molecule has 0 bridgehead atoms. The molecular formula is C13H15BrClN3. The third-order valence-corrected chi connectivity index (χ3v) is 3.78. The topological polar surface area (TPSA) is 43.8 Å². The van der Waals surface area contributed by atoms with Crippen molar-refractivity contribution in [3.05, 3.63) is 33.5 Å². The maximum Gasteiger partial charge on any atom is 0.131 e. The van der Waals surface area contributed by atoms with E-state index in [0.29, 0.717) is 10.8 Å². The molecule has 0 radical (unpaired) electrons. The van der Waals surface area contributed by atoms with E-state index in [9.17, 15) is 0 Å². The molecule has 18 heavy (non-hydrogen) atoms. The van der Waals surface area contributed by atoms with Crippen LogP contribution in [0.3, 0.4) is 0 Å². The summed E-state index contributed by atoms with van der Waals surface area (Å²) in [5.41, 5.74) is 7.90. The fraction of sp³-hybridized carbons (Fsp3) is 0.308. The van der Waals surface area contributed by atoms with Crippen molar-refractivity contribution in [1.29, 1.82) is 0 Å². The highest BCUT2D eigenvalue weighted by Crippen LogP contribution is 2.33. The Labute approximate surface area is 120 Å². The van der Waals surface area contributed by atoms with Crippen LogP contribution in [0.15, 0.2) is 22.7 Å². The van der Waals surface area contributed by atoms with Gasteiger partial charge in [0.1, 0.15) is 17.3 Å². The number of rotatable bonds is 3. The van der Waals surface area contributed by atoms with Crippen LogP contribution in [0, 0.1) is 0 Å². The predicted molar refractivity (Wildman–Crippen MR) is 79.8 cm³/mol. The van der Waals surface area contributed by atoms with Crippen molar-refractivity contribution in [3.8, 4) is 11.3 Å². The van der Waals surface area contributed by atoms with Crippen molar-refractivity contribution >= 4 is 33.3 Å². The van der Waals surface area contributed by atoms with Gasteiger partial charge in [0.05, 0.1) is 0 Å². The van der Waals surface area contributed by atoms with Crippen molar-refractivity contribution in [2.24, 2.45) is 7.05 Å². The molecule has 3 nitrogen and oxygen atoms in total. The summed E-state index contributed by atoms with van der Waals surface area (Å²) < 4.78 is 2.85. The van der Waals surface area contributed by atoms with E-state index in [1.807, 2.05) is 29.8 Å². The van der Waals surface area contributed by atoms with Crippen LogP contribution in [0.2, 0.25) is 5.02 Å². The first kappa shape index (κ1) is 13.4. The van der Waals surface area contributed by atoms with Gasteiger partial charge in [-0.2, -0.15) is 0 Å². The van der Waals surface area contributed by atoms with Crippen molar-refractivity contribution in [1.82, 2.24) is 9.55 Å². The lowest BCUT2D eigenvalue weighted by Gasteiger charge is -2.03. The van der Waals surface area contributed by atoms with Gasteiger partial charge < -0.3 is 10.3 Å². The van der Waals surface area contributed by atoms with Gasteiger partial charge >= 0.3 is 0 Å². The van der Waals surface area contributed by atoms with E-state index in [1.54, 1.807) is 0 Å². The number of aromatic nitrogens is 2. The second kappa shape index (κ2) is 5.33. The van der Waals surface area contributed by atoms with Gasteiger partial charge in [-0.05, 0) is 18.6 Å². The number of halogens is 2. The van der Waals surface area contributed by atoms with Crippen molar-refractivity contribution < 1.29 is 0 Å². The van der Waals surface area contributed by atoms with Gasteiger partial charge in [-0.1, -0.05) is 40.5 Å². The Hall–Kier alpha value is -1.00. The van der Waals surface area contributed by atoms with E-state index >= 15 is 0 Å². The summed E-state index contributed by atoms with van der Waals surface area (Å²) in [7, 11) is 1.95. The number of anilines is 1. The second-order valence-electron chi connectivity index (χ2n) is 4.20. The van der Waals surface area contributed by atoms with Gasteiger partial charge in [0, 0.05) is 28.5 Å². The average molecular weight is 329 g/mol. The zero-order valence-corrected chi connectivity index (χ0v) is 12.7. The lowest BCUT2D eigenvalue weighted by Crippen LogP contribution is -2.01. The van der Waals surface area contributed by atoms with Gasteiger partial charge in [0.15, 0.2) is 0 Å². The Bertz CT molecular complexity index is 578. The molecule has 0 fully saturated rings. The monoisotopic (exact) mass is 327 g/mol. The molecule has 0 aliphatic heterocycles. The van der Waals surface area contributed by atoms with E-state index in [1.165, 1.54) is 0 Å². The Balaban J connectivity index is 2.53. The van der Waals surface area contributed by atoms with Gasteiger partial charge in [-0.3, -0.25) is 0 Å². The number of nitrogen functional groups attached to an aromatic ring is 1. The molecule has 0 aliphatic carbocycles. The molecule has 2 N–H and O–H groups in total. The summed E-state index contributed by atoms with van der Waals surface area (Å²) in [6.45, 7) is 2.13. The zero-order valence-electron chi connectivity index (χ0n) is 10.4. The summed E-state index contributed by atoms with van der Waals surface area (Å²) in [6, 6.07) is 5.63. The Kier molecular flexibility index (Phi) is 3.97. The fourth-order valence-electron chi connectivity index (χ4n) is 1.89. The second-order valence-corrected chi connectivity index (χ2v) is 5.49. The molecule has 0 amide bonds. The van der Waals surface area contributed by atoms with Crippen LogP contribution in [-0.4, -0.2) is 9.55 Å². The molecule has 0 atom stereocenters. The minimum Gasteiger partial charge on any atom is -0.383 e. The molecule has 96 valence electrons. The van der Waals surface area contributed by atoms with Crippen LogP contribution in [0.4, 0.5) is 5.82 Å². The Morgan fingerprint density at radius 3 is 2.78 bits per heavy atom. The molecule has 1 aromatic heterocycles. The number of aryl methyl sites for hydroxylation is 1. The van der Waals surface area contributed by atoms with Crippen LogP contribution < -0.4 is 5.73 Å². The molecule has 2 rings (SSSR count). The van der Waals surface area contributed by atoms with Gasteiger partial charge in [-0.15, -0.1) is 0 Å². The Morgan fingerprint density at radius 2 is 2.17 bits per heavy atom. The van der Waals surface area contributed by atoms with E-state index in [0.717, 1.165) is 34.4 Å². The molecule has 2 aromatic rings. The molecule has 5 heteroatoms. The minimum atomic E-state index is 0.682. The number of hydrogen-bond acceptors (Lipinski definition) is 2. The number of nitrogens with two attached hydrogens (primary N) is 1. The predicted octanol–water partition coefficient (Wildman–Crippen LogP) is 4.04. The molecule has 0 spiro atoms. The maximum atomic E-state index is 6.12. The summed E-state index contributed by atoms with van der Waals surface area (Å²) in [5.74, 6) is 1.69. The molecule has 0 saturated heterocycles. The van der Waals surface area contributed by atoms with Gasteiger partial charge in [-0.25, -0.2) is 4.98 Å². The molecule has 0 unspecified atom stereocenters. The first-order valence-electron chi connectivity index (χ1n) is 5.81. The number of benzene rings is 1. The summed E-state index contributed by atoms with van der Waals surface area (Å²) in [5, 5.41) is 0.689. The van der Waals surface area contributed by atoms with E-state index in [4.69, 9.17) is 17.3 Å². The minimum absolute atomic E-state index is 0.682. The standard InChI is InChI=1S/C13H15BrClN3/c1-3-4-11-17-12(13(16)18(11)2)9-6-5-8(15)7-10(9)14/h5-7H,3-4,16H2,1-2H3. The highest BCUT2D eigenvalue weighted by Gasteiger charge is 2.15. The number of hydrogen-bond donors (Lipinski definition) is 1. The van der Waals surface area contributed by atoms with Crippen LogP contribution in [0.5, 0.6) is 0 Å². The van der Waals surface area contributed by atoms with E-state index in [-0.39, 0.29) is 0 Å².